The topological polar surface area (TPSA) is 45.7 Å². The molecule has 1 aliphatic carbocycles. The van der Waals surface area contributed by atoms with E-state index in [4.69, 9.17) is 16.3 Å². The summed E-state index contributed by atoms with van der Waals surface area (Å²) in [7, 11) is 0. The molecule has 1 amide bonds. The van der Waals surface area contributed by atoms with Gasteiger partial charge in [0.25, 0.3) is 5.91 Å². The van der Waals surface area contributed by atoms with Crippen LogP contribution < -0.4 is 4.90 Å². The smallest absolute Gasteiger partial charge is 0.258 e. The lowest BCUT2D eigenvalue weighted by molar-refractivity contribution is -0.00553. The van der Waals surface area contributed by atoms with Gasteiger partial charge in [0, 0.05) is 25.7 Å². The number of morpholine rings is 1. The first-order valence-corrected chi connectivity index (χ1v) is 9.22. The number of nitrogens with zero attached hydrogens (tertiary/aromatic N) is 3. The van der Waals surface area contributed by atoms with E-state index in [9.17, 15) is 4.79 Å². The predicted octanol–water partition coefficient (Wildman–Crippen LogP) is 3.10. The fourth-order valence-electron chi connectivity index (χ4n) is 4.05. The number of fused-ring (bicyclic) bond motifs is 1. The summed E-state index contributed by atoms with van der Waals surface area (Å²) in [6, 6.07) is 2.14. The van der Waals surface area contributed by atoms with Crippen LogP contribution in [-0.2, 0) is 11.3 Å². The number of halogens is 1. The molecule has 3 aliphatic rings. The van der Waals surface area contributed by atoms with Crippen molar-refractivity contribution in [3.63, 3.8) is 0 Å². The molecule has 24 heavy (non-hydrogen) atoms. The lowest BCUT2D eigenvalue weighted by Gasteiger charge is -2.36. The molecule has 0 unspecified atom stereocenters. The van der Waals surface area contributed by atoms with Crippen LogP contribution in [0, 0.1) is 5.92 Å². The lowest BCUT2D eigenvalue weighted by Crippen LogP contribution is -2.46. The zero-order valence-electron chi connectivity index (χ0n) is 14.5. The highest BCUT2D eigenvalue weighted by Gasteiger charge is 2.41. The van der Waals surface area contributed by atoms with Gasteiger partial charge in [0.05, 0.1) is 17.8 Å². The van der Waals surface area contributed by atoms with E-state index >= 15 is 0 Å². The monoisotopic (exact) mass is 349 g/mol. The van der Waals surface area contributed by atoms with Crippen molar-refractivity contribution in [1.82, 2.24) is 9.88 Å². The summed E-state index contributed by atoms with van der Waals surface area (Å²) < 4.78 is 5.82. The van der Waals surface area contributed by atoms with Crippen LogP contribution in [0.25, 0.3) is 0 Å². The Morgan fingerprint density at radius 2 is 1.96 bits per heavy atom. The number of carbonyl (C=O) groups is 1. The Balaban J connectivity index is 1.69. The van der Waals surface area contributed by atoms with Gasteiger partial charge in [-0.25, -0.2) is 4.98 Å². The maximum Gasteiger partial charge on any atom is 0.258 e. The third-order valence-electron chi connectivity index (χ3n) is 5.38. The van der Waals surface area contributed by atoms with Gasteiger partial charge in [0.2, 0.25) is 0 Å². The van der Waals surface area contributed by atoms with Crippen molar-refractivity contribution in [3.8, 4) is 0 Å². The van der Waals surface area contributed by atoms with Gasteiger partial charge in [-0.05, 0) is 51.2 Å². The molecular formula is C18H24ClN3O2. The first-order valence-electron chi connectivity index (χ1n) is 8.85. The molecule has 5 nitrogen and oxygen atoms in total. The maximum absolute atomic E-state index is 13.1. The second-order valence-electron chi connectivity index (χ2n) is 7.48. The molecule has 3 heterocycles. The summed E-state index contributed by atoms with van der Waals surface area (Å²) in [6.07, 6.45) is 2.68. The van der Waals surface area contributed by atoms with Crippen molar-refractivity contribution in [2.75, 3.05) is 18.0 Å². The van der Waals surface area contributed by atoms with Crippen molar-refractivity contribution in [2.24, 2.45) is 5.92 Å². The van der Waals surface area contributed by atoms with E-state index in [1.54, 1.807) is 0 Å². The quantitative estimate of drug-likeness (QED) is 0.787. The summed E-state index contributed by atoms with van der Waals surface area (Å²) in [4.78, 5) is 21.8. The maximum atomic E-state index is 13.1. The lowest BCUT2D eigenvalue weighted by atomic mass is 10.1. The summed E-state index contributed by atoms with van der Waals surface area (Å²) in [6.45, 7) is 8.38. The Hall–Kier alpha value is -1.33. The molecule has 1 saturated heterocycles. The number of hydrogen-bond donors (Lipinski definition) is 0. The van der Waals surface area contributed by atoms with Crippen molar-refractivity contribution in [2.45, 2.75) is 58.4 Å². The Morgan fingerprint density at radius 1 is 1.29 bits per heavy atom. The van der Waals surface area contributed by atoms with E-state index in [0.717, 1.165) is 30.0 Å². The second kappa shape index (κ2) is 5.88. The molecule has 3 atom stereocenters. The highest BCUT2D eigenvalue weighted by molar-refractivity contribution is 6.29. The fraction of sp³-hybridized carbons (Fsp3) is 0.667. The molecule has 6 heteroatoms. The molecule has 0 aromatic carbocycles. The van der Waals surface area contributed by atoms with Crippen LogP contribution in [0.2, 0.25) is 5.15 Å². The number of aromatic nitrogens is 1. The van der Waals surface area contributed by atoms with E-state index in [2.05, 4.69) is 30.7 Å². The number of pyridine rings is 1. The molecule has 2 aliphatic heterocycles. The summed E-state index contributed by atoms with van der Waals surface area (Å²) in [5.41, 5.74) is 1.75. The second-order valence-corrected chi connectivity index (χ2v) is 7.86. The molecule has 0 N–H and O–H groups in total. The van der Waals surface area contributed by atoms with Crippen LogP contribution in [-0.4, -0.2) is 47.1 Å². The van der Waals surface area contributed by atoms with Gasteiger partial charge in [0.1, 0.15) is 11.0 Å². The highest BCUT2D eigenvalue weighted by Crippen LogP contribution is 2.40. The third-order valence-corrected chi connectivity index (χ3v) is 5.57. The summed E-state index contributed by atoms with van der Waals surface area (Å²) in [5.74, 6) is 1.49. The number of carbonyl (C=O) groups excluding carboxylic acids is 1. The predicted molar refractivity (Wildman–Crippen MR) is 93.5 cm³/mol. The van der Waals surface area contributed by atoms with Gasteiger partial charge in [-0.1, -0.05) is 11.6 Å². The van der Waals surface area contributed by atoms with Gasteiger partial charge in [0.15, 0.2) is 0 Å². The van der Waals surface area contributed by atoms with Crippen LogP contribution in [0.15, 0.2) is 6.07 Å². The minimum atomic E-state index is 0.107. The van der Waals surface area contributed by atoms with E-state index in [1.165, 1.54) is 12.8 Å². The molecule has 1 aromatic heterocycles. The average molecular weight is 350 g/mol. The van der Waals surface area contributed by atoms with Gasteiger partial charge in [-0.3, -0.25) is 4.79 Å². The van der Waals surface area contributed by atoms with E-state index in [0.29, 0.717) is 23.7 Å². The van der Waals surface area contributed by atoms with E-state index < -0.39 is 0 Å². The molecule has 0 radical (unpaired) electrons. The Labute approximate surface area is 147 Å². The number of anilines is 1. The third kappa shape index (κ3) is 2.78. The minimum Gasteiger partial charge on any atom is -0.372 e. The summed E-state index contributed by atoms with van der Waals surface area (Å²) in [5, 5.41) is 0.462. The zero-order chi connectivity index (χ0) is 17.0. The van der Waals surface area contributed by atoms with Crippen LogP contribution >= 0.6 is 11.6 Å². The van der Waals surface area contributed by atoms with Gasteiger partial charge in [-0.2, -0.15) is 0 Å². The van der Waals surface area contributed by atoms with Crippen molar-refractivity contribution in [3.05, 3.63) is 22.3 Å². The van der Waals surface area contributed by atoms with Crippen LogP contribution in [0.5, 0.6) is 0 Å². The molecule has 2 fully saturated rings. The largest absolute Gasteiger partial charge is 0.372 e. The van der Waals surface area contributed by atoms with Crippen LogP contribution in [0.3, 0.4) is 0 Å². The number of rotatable bonds is 3. The minimum absolute atomic E-state index is 0.107. The van der Waals surface area contributed by atoms with E-state index in [-0.39, 0.29) is 18.1 Å². The Kier molecular flexibility index (Phi) is 3.96. The Morgan fingerprint density at radius 3 is 2.58 bits per heavy atom. The van der Waals surface area contributed by atoms with Crippen molar-refractivity contribution >= 4 is 23.3 Å². The molecule has 130 valence electrons. The molecule has 1 saturated carbocycles. The highest BCUT2D eigenvalue weighted by atomic mass is 35.5. The van der Waals surface area contributed by atoms with Crippen molar-refractivity contribution < 1.29 is 9.53 Å². The molecular weight excluding hydrogens is 326 g/mol. The summed E-state index contributed by atoms with van der Waals surface area (Å²) >= 11 is 6.27. The number of hydrogen-bond acceptors (Lipinski definition) is 4. The number of amides is 1. The van der Waals surface area contributed by atoms with E-state index in [1.807, 2.05) is 11.0 Å². The fourth-order valence-corrected chi connectivity index (χ4v) is 4.26. The normalized spacial score (nSPS) is 28.2. The van der Waals surface area contributed by atoms with Crippen molar-refractivity contribution in [1.29, 1.82) is 0 Å². The van der Waals surface area contributed by atoms with Crippen LogP contribution in [0.4, 0.5) is 5.82 Å². The first-order chi connectivity index (χ1) is 11.4. The molecule has 4 rings (SSSR count). The molecule has 0 bridgehead atoms. The number of ether oxygens (including phenoxy) is 1. The molecule has 0 spiro atoms. The van der Waals surface area contributed by atoms with Gasteiger partial charge in [-0.15, -0.1) is 0 Å². The Bertz CT molecular complexity index is 666. The average Bonchev–Trinajstić information content (AvgIpc) is 3.30. The van der Waals surface area contributed by atoms with Crippen LogP contribution in [0.1, 0.15) is 49.5 Å². The van der Waals surface area contributed by atoms with Gasteiger partial charge >= 0.3 is 0 Å². The SMILES string of the molecule is C[C@@H]1CN(c2nc(Cl)cc3c2C(=O)N([C@@H](C)C2CC2)C3)C[C@H](C)O1. The zero-order valence-corrected chi connectivity index (χ0v) is 15.2. The first kappa shape index (κ1) is 16.2. The standard InChI is InChI=1S/C18H24ClN3O2/c1-10-7-21(8-11(2)24-10)17-16-14(6-15(19)20-17)9-22(18(16)23)12(3)13-4-5-13/h6,10-13H,4-5,7-9H2,1-3H3/t10-,11+,12-/m0/s1. The van der Waals surface area contributed by atoms with Gasteiger partial charge < -0.3 is 14.5 Å². The molecule has 1 aromatic rings.